The summed E-state index contributed by atoms with van der Waals surface area (Å²) in [6, 6.07) is 12.4. The van der Waals surface area contributed by atoms with Gasteiger partial charge in [-0.05, 0) is 48.9 Å². The van der Waals surface area contributed by atoms with Gasteiger partial charge in [-0.2, -0.15) is 0 Å². The van der Waals surface area contributed by atoms with Crippen molar-refractivity contribution in [3.63, 3.8) is 0 Å². The first-order valence-corrected chi connectivity index (χ1v) is 8.50. The molecule has 2 aromatic carbocycles. The number of carboxylic acids is 2. The monoisotopic (exact) mass is 338 g/mol. The molecule has 0 aliphatic heterocycles. The van der Waals surface area contributed by atoms with Gasteiger partial charge in [0.15, 0.2) is 0 Å². The Hall–Kier alpha value is -2.62. The molecular formula is C21H22O4. The summed E-state index contributed by atoms with van der Waals surface area (Å²) < 4.78 is 0. The second kappa shape index (κ2) is 6.36. The van der Waals surface area contributed by atoms with Crippen LogP contribution < -0.4 is 0 Å². The van der Waals surface area contributed by atoms with Crippen LogP contribution in [0.5, 0.6) is 0 Å². The Morgan fingerprint density at radius 1 is 0.800 bits per heavy atom. The number of rotatable bonds is 6. The molecule has 0 amide bonds. The topological polar surface area (TPSA) is 74.6 Å². The molecule has 0 saturated carbocycles. The summed E-state index contributed by atoms with van der Waals surface area (Å²) in [5.74, 6) is -1.71. The summed E-state index contributed by atoms with van der Waals surface area (Å²) in [7, 11) is 0. The van der Waals surface area contributed by atoms with Crippen molar-refractivity contribution in [3.05, 3.63) is 58.7 Å². The highest BCUT2D eigenvalue weighted by Crippen LogP contribution is 2.54. The molecule has 25 heavy (non-hydrogen) atoms. The van der Waals surface area contributed by atoms with E-state index in [1.807, 2.05) is 26.0 Å². The number of hydrogen-bond acceptors (Lipinski definition) is 2. The number of hydrogen-bond donors (Lipinski definition) is 2. The molecule has 1 aliphatic rings. The lowest BCUT2D eigenvalue weighted by Gasteiger charge is -2.32. The lowest BCUT2D eigenvalue weighted by Crippen LogP contribution is -2.27. The fourth-order valence-corrected chi connectivity index (χ4v) is 4.03. The second-order valence-corrected chi connectivity index (χ2v) is 6.97. The molecule has 4 heteroatoms. The van der Waals surface area contributed by atoms with E-state index >= 15 is 0 Å². The molecule has 0 spiro atoms. The lowest BCUT2D eigenvalue weighted by atomic mass is 9.71. The second-order valence-electron chi connectivity index (χ2n) is 6.97. The van der Waals surface area contributed by atoms with Crippen LogP contribution in [-0.4, -0.2) is 22.2 Å². The molecule has 3 rings (SSSR count). The van der Waals surface area contributed by atoms with Crippen molar-refractivity contribution in [1.29, 1.82) is 0 Å². The van der Waals surface area contributed by atoms with Gasteiger partial charge < -0.3 is 10.2 Å². The highest BCUT2D eigenvalue weighted by Gasteiger charge is 2.43. The zero-order valence-electron chi connectivity index (χ0n) is 14.5. The van der Waals surface area contributed by atoms with Crippen molar-refractivity contribution < 1.29 is 19.8 Å². The van der Waals surface area contributed by atoms with E-state index in [2.05, 4.69) is 24.3 Å². The SMILES string of the molecule is Cc1ccc2c(c1)C(CCC(=O)O)(CCC(=O)O)c1cc(C)ccc1-2. The van der Waals surface area contributed by atoms with Gasteiger partial charge in [-0.3, -0.25) is 9.59 Å². The first-order valence-electron chi connectivity index (χ1n) is 8.50. The Balaban J connectivity index is 2.23. The molecule has 1 aliphatic carbocycles. The van der Waals surface area contributed by atoms with Gasteiger partial charge in [-0.1, -0.05) is 47.5 Å². The van der Waals surface area contributed by atoms with Crippen LogP contribution in [0, 0.1) is 13.8 Å². The quantitative estimate of drug-likeness (QED) is 0.823. The first kappa shape index (κ1) is 17.2. The molecule has 0 radical (unpaired) electrons. The number of carbonyl (C=O) groups is 2. The standard InChI is InChI=1S/C21H22O4/c1-13-3-5-15-16-6-4-14(2)12-18(16)21(17(15)11-13,9-7-19(22)23)10-8-20(24)25/h3-6,11-12H,7-10H2,1-2H3,(H,22,23)(H,24,25). The van der Waals surface area contributed by atoms with Crippen LogP contribution in [0.1, 0.15) is 47.9 Å². The molecule has 0 bridgehead atoms. The average molecular weight is 338 g/mol. The molecular weight excluding hydrogens is 316 g/mol. The van der Waals surface area contributed by atoms with Crippen molar-refractivity contribution in [2.45, 2.75) is 44.9 Å². The van der Waals surface area contributed by atoms with Crippen LogP contribution in [0.25, 0.3) is 11.1 Å². The molecule has 2 N–H and O–H groups in total. The predicted octanol–water partition coefficient (Wildman–Crippen LogP) is 4.30. The van der Waals surface area contributed by atoms with Gasteiger partial charge in [0, 0.05) is 18.3 Å². The number of fused-ring (bicyclic) bond motifs is 3. The first-order chi connectivity index (χ1) is 11.8. The minimum absolute atomic E-state index is 0.0143. The van der Waals surface area contributed by atoms with Crippen molar-refractivity contribution in [2.75, 3.05) is 0 Å². The molecule has 2 aromatic rings. The van der Waals surface area contributed by atoms with E-state index in [1.165, 1.54) is 0 Å². The van der Waals surface area contributed by atoms with Crippen molar-refractivity contribution in [3.8, 4) is 11.1 Å². The predicted molar refractivity (Wildman–Crippen MR) is 95.9 cm³/mol. The van der Waals surface area contributed by atoms with Gasteiger partial charge in [0.2, 0.25) is 0 Å². The van der Waals surface area contributed by atoms with Crippen LogP contribution in [-0.2, 0) is 15.0 Å². The number of aliphatic carboxylic acids is 2. The van der Waals surface area contributed by atoms with E-state index in [4.69, 9.17) is 0 Å². The Morgan fingerprint density at radius 2 is 1.20 bits per heavy atom. The van der Waals surface area contributed by atoms with E-state index in [1.54, 1.807) is 0 Å². The smallest absolute Gasteiger partial charge is 0.303 e. The summed E-state index contributed by atoms with van der Waals surface area (Å²) >= 11 is 0. The fourth-order valence-electron chi connectivity index (χ4n) is 4.03. The minimum atomic E-state index is -0.856. The Morgan fingerprint density at radius 3 is 1.56 bits per heavy atom. The fraction of sp³-hybridized carbons (Fsp3) is 0.333. The molecule has 0 saturated heterocycles. The highest BCUT2D eigenvalue weighted by molar-refractivity contribution is 5.82. The maximum atomic E-state index is 11.3. The lowest BCUT2D eigenvalue weighted by molar-refractivity contribution is -0.137. The largest absolute Gasteiger partial charge is 0.481 e. The number of carboxylic acid groups (broad SMARTS) is 2. The summed E-state index contributed by atoms with van der Waals surface area (Å²) in [6.45, 7) is 4.02. The Bertz CT molecular complexity index is 779. The third kappa shape index (κ3) is 3.04. The van der Waals surface area contributed by atoms with Crippen LogP contribution in [0.2, 0.25) is 0 Å². The third-order valence-corrected chi connectivity index (χ3v) is 5.20. The van der Waals surface area contributed by atoms with Gasteiger partial charge >= 0.3 is 11.9 Å². The van der Waals surface area contributed by atoms with Crippen LogP contribution in [0.4, 0.5) is 0 Å². The normalized spacial score (nSPS) is 14.0. The van der Waals surface area contributed by atoms with Crippen LogP contribution in [0.15, 0.2) is 36.4 Å². The molecule has 0 aromatic heterocycles. The molecule has 4 nitrogen and oxygen atoms in total. The maximum absolute atomic E-state index is 11.3. The summed E-state index contributed by atoms with van der Waals surface area (Å²) in [4.78, 5) is 22.6. The van der Waals surface area contributed by atoms with Crippen LogP contribution in [0.3, 0.4) is 0 Å². The number of aryl methyl sites for hydroxylation is 2. The summed E-state index contributed by atoms with van der Waals surface area (Å²) in [6.07, 6.45) is 0.839. The van der Waals surface area contributed by atoms with Crippen molar-refractivity contribution >= 4 is 11.9 Å². The van der Waals surface area contributed by atoms with Gasteiger partial charge in [-0.15, -0.1) is 0 Å². The zero-order chi connectivity index (χ0) is 18.2. The highest BCUT2D eigenvalue weighted by atomic mass is 16.4. The molecule has 0 unspecified atom stereocenters. The summed E-state index contributed by atoms with van der Waals surface area (Å²) in [5, 5.41) is 18.5. The maximum Gasteiger partial charge on any atom is 0.303 e. The van der Waals surface area contributed by atoms with E-state index in [0.29, 0.717) is 12.8 Å². The third-order valence-electron chi connectivity index (χ3n) is 5.20. The van der Waals surface area contributed by atoms with Gasteiger partial charge in [0.1, 0.15) is 0 Å². The summed E-state index contributed by atoms with van der Waals surface area (Å²) in [5.41, 5.74) is 5.95. The minimum Gasteiger partial charge on any atom is -0.481 e. The molecule has 0 heterocycles. The molecule has 130 valence electrons. The average Bonchev–Trinajstić information content (AvgIpc) is 2.80. The Kier molecular flexibility index (Phi) is 4.38. The van der Waals surface area contributed by atoms with Gasteiger partial charge in [0.05, 0.1) is 0 Å². The van der Waals surface area contributed by atoms with Crippen molar-refractivity contribution in [1.82, 2.24) is 0 Å². The molecule has 0 fully saturated rings. The number of benzene rings is 2. The zero-order valence-corrected chi connectivity index (χ0v) is 14.5. The van der Waals surface area contributed by atoms with Crippen LogP contribution >= 0.6 is 0 Å². The van der Waals surface area contributed by atoms with E-state index in [9.17, 15) is 19.8 Å². The van der Waals surface area contributed by atoms with E-state index in [0.717, 1.165) is 33.4 Å². The van der Waals surface area contributed by atoms with Gasteiger partial charge in [0.25, 0.3) is 0 Å². The van der Waals surface area contributed by atoms with Gasteiger partial charge in [-0.25, -0.2) is 0 Å². The van der Waals surface area contributed by atoms with Crippen molar-refractivity contribution in [2.24, 2.45) is 0 Å². The van der Waals surface area contributed by atoms with E-state index < -0.39 is 17.4 Å². The Labute approximate surface area is 147 Å². The van der Waals surface area contributed by atoms with E-state index in [-0.39, 0.29) is 12.8 Å². The molecule has 0 atom stereocenters.